The Kier molecular flexibility index (Phi) is 12.3. The molecule has 0 amide bonds. The third kappa shape index (κ3) is 9.41. The largest absolute Gasteiger partial charge is 0.290 e. The van der Waals surface area contributed by atoms with Crippen LogP contribution in [-0.4, -0.2) is 15.4 Å². The highest BCUT2D eigenvalue weighted by molar-refractivity contribution is 7.85. The number of nitrogens with one attached hydrogen (secondary N) is 1. The molecule has 1 N–H and O–H groups in total. The van der Waals surface area contributed by atoms with Crippen molar-refractivity contribution in [2.45, 2.75) is 34.6 Å². The highest BCUT2D eigenvalue weighted by atomic mass is 32.2. The topological polar surface area (TPSA) is 42.0 Å². The number of pyridine rings is 1. The fourth-order valence-electron chi connectivity index (χ4n) is 0.675. The Balaban J connectivity index is 0. The van der Waals surface area contributed by atoms with Gasteiger partial charge in [-0.25, -0.2) is 9.19 Å². The first-order valence-corrected chi connectivity index (χ1v) is 6.77. The van der Waals surface area contributed by atoms with Gasteiger partial charge in [-0.1, -0.05) is 33.8 Å². The van der Waals surface area contributed by atoms with Gasteiger partial charge in [-0.2, -0.15) is 0 Å². The van der Waals surface area contributed by atoms with Crippen LogP contribution < -0.4 is 4.72 Å². The van der Waals surface area contributed by atoms with E-state index in [0.29, 0.717) is 5.82 Å². The van der Waals surface area contributed by atoms with Gasteiger partial charge in [0.1, 0.15) is 16.8 Å². The van der Waals surface area contributed by atoms with E-state index in [9.17, 15) is 4.21 Å². The molecule has 1 heterocycles. The third-order valence-electron chi connectivity index (χ3n) is 1.16. The van der Waals surface area contributed by atoms with Gasteiger partial charge in [-0.05, 0) is 18.6 Å². The van der Waals surface area contributed by atoms with E-state index in [2.05, 4.69) is 9.71 Å². The van der Waals surface area contributed by atoms with E-state index in [-0.39, 0.29) is 0 Å². The molecule has 0 aliphatic heterocycles. The minimum Gasteiger partial charge on any atom is -0.290 e. The van der Waals surface area contributed by atoms with Crippen LogP contribution in [0.4, 0.5) is 5.82 Å². The van der Waals surface area contributed by atoms with Crippen LogP contribution >= 0.6 is 0 Å². The van der Waals surface area contributed by atoms with Crippen molar-refractivity contribution in [2.24, 2.45) is 0 Å². The Bertz CT molecular complexity index is 260. The summed E-state index contributed by atoms with van der Waals surface area (Å²) < 4.78 is 13.4. The number of rotatable bonds is 2. The molecule has 0 radical (unpaired) electrons. The molecule has 0 bridgehead atoms. The molecule has 1 atom stereocenters. The van der Waals surface area contributed by atoms with Crippen LogP contribution in [0.15, 0.2) is 18.3 Å². The van der Waals surface area contributed by atoms with E-state index in [1.54, 1.807) is 18.5 Å². The normalized spacial score (nSPS) is 10.0. The quantitative estimate of drug-likeness (QED) is 0.848. The summed E-state index contributed by atoms with van der Waals surface area (Å²) in [4.78, 5) is 4.01. The number of hydrogen-bond donors (Lipinski definition) is 1. The van der Waals surface area contributed by atoms with Crippen molar-refractivity contribution < 1.29 is 4.21 Å². The lowest BCUT2D eigenvalue weighted by Crippen LogP contribution is -2.02. The Morgan fingerprint density at radius 2 is 1.73 bits per heavy atom. The first-order valence-electron chi connectivity index (χ1n) is 5.21. The smallest absolute Gasteiger partial charge is 0.137 e. The highest BCUT2D eigenvalue weighted by Gasteiger charge is 1.92. The lowest BCUT2D eigenvalue weighted by Gasteiger charge is -1.99. The average molecular weight is 230 g/mol. The average Bonchev–Trinajstić information content (AvgIpc) is 2.27. The summed E-state index contributed by atoms with van der Waals surface area (Å²) >= 11 is 0. The van der Waals surface area contributed by atoms with Crippen molar-refractivity contribution in [1.29, 1.82) is 0 Å². The molecule has 4 heteroatoms. The molecular formula is C11H22N2OS. The van der Waals surface area contributed by atoms with Crippen LogP contribution in [0.5, 0.6) is 0 Å². The Morgan fingerprint density at radius 1 is 1.20 bits per heavy atom. The molecular weight excluding hydrogens is 208 g/mol. The molecule has 1 aromatic rings. The van der Waals surface area contributed by atoms with Crippen LogP contribution in [0.2, 0.25) is 0 Å². The summed E-state index contributed by atoms with van der Waals surface area (Å²) in [6.07, 6.45) is 3.30. The van der Waals surface area contributed by atoms with Crippen LogP contribution in [0.1, 0.15) is 33.3 Å². The maximum absolute atomic E-state index is 10.7. The molecule has 3 nitrogen and oxygen atoms in total. The molecule has 0 spiro atoms. The zero-order chi connectivity index (χ0) is 12.3. The first-order chi connectivity index (χ1) is 7.18. The van der Waals surface area contributed by atoms with Crippen LogP contribution in [0, 0.1) is 6.92 Å². The van der Waals surface area contributed by atoms with Crippen LogP contribution in [0.3, 0.4) is 0 Å². The van der Waals surface area contributed by atoms with E-state index in [4.69, 9.17) is 0 Å². The highest BCUT2D eigenvalue weighted by Crippen LogP contribution is 2.03. The van der Waals surface area contributed by atoms with E-state index in [1.165, 1.54) is 0 Å². The van der Waals surface area contributed by atoms with Gasteiger partial charge in [0.2, 0.25) is 0 Å². The van der Waals surface area contributed by atoms with Crippen molar-refractivity contribution in [2.75, 3.05) is 11.0 Å². The molecule has 0 saturated heterocycles. The summed E-state index contributed by atoms with van der Waals surface area (Å²) in [5.74, 6) is 0.649. The van der Waals surface area contributed by atoms with E-state index >= 15 is 0 Å². The maximum atomic E-state index is 10.7. The van der Waals surface area contributed by atoms with E-state index < -0.39 is 11.0 Å². The van der Waals surface area contributed by atoms with Crippen molar-refractivity contribution in [3.8, 4) is 0 Å². The van der Waals surface area contributed by atoms with Crippen LogP contribution in [-0.2, 0) is 11.0 Å². The summed E-state index contributed by atoms with van der Waals surface area (Å²) in [6.45, 7) is 9.96. The Morgan fingerprint density at radius 3 is 2.07 bits per heavy atom. The molecule has 1 aromatic heterocycles. The predicted octanol–water partition coefficient (Wildman–Crippen LogP) is 3.15. The van der Waals surface area contributed by atoms with Gasteiger partial charge in [-0.3, -0.25) is 4.72 Å². The molecule has 1 rings (SSSR count). The van der Waals surface area contributed by atoms with Crippen molar-refractivity contribution in [3.05, 3.63) is 23.9 Å². The molecule has 1 unspecified atom stereocenters. The van der Waals surface area contributed by atoms with Gasteiger partial charge >= 0.3 is 0 Å². The number of aryl methyl sites for hydroxylation is 1. The molecule has 0 aliphatic carbocycles. The zero-order valence-corrected chi connectivity index (χ0v) is 11.3. The first kappa shape index (κ1) is 16.5. The van der Waals surface area contributed by atoms with Gasteiger partial charge in [0.05, 0.1) is 0 Å². The summed E-state index contributed by atoms with van der Waals surface area (Å²) in [6, 6.07) is 3.72. The molecule has 15 heavy (non-hydrogen) atoms. The van der Waals surface area contributed by atoms with Gasteiger partial charge < -0.3 is 0 Å². The van der Waals surface area contributed by atoms with Crippen LogP contribution in [0.25, 0.3) is 0 Å². The number of aromatic nitrogens is 1. The number of hydrogen-bond acceptors (Lipinski definition) is 2. The monoisotopic (exact) mass is 230 g/mol. The standard InChI is InChI=1S/C7H10N2OS.2C2H6/c1-6-3-4-7(8-5-6)9-11(2)10;2*1-2/h3-5H,1-2H3,(H,8,9);2*1-2H3. The second kappa shape index (κ2) is 11.2. The number of nitrogens with zero attached hydrogens (tertiary/aromatic N) is 1. The fourth-order valence-corrected chi connectivity index (χ4v) is 1.09. The van der Waals surface area contributed by atoms with Crippen molar-refractivity contribution in [1.82, 2.24) is 4.98 Å². The molecule has 0 saturated carbocycles. The van der Waals surface area contributed by atoms with Gasteiger partial charge in [0, 0.05) is 12.5 Å². The van der Waals surface area contributed by atoms with Crippen molar-refractivity contribution >= 4 is 16.8 Å². The Hall–Kier alpha value is -0.900. The fraction of sp³-hybridized carbons (Fsp3) is 0.545. The molecule has 0 fully saturated rings. The SMILES string of the molecule is CC.CC.Cc1ccc(NS(C)=O)nc1. The summed E-state index contributed by atoms with van der Waals surface area (Å²) in [5, 5.41) is 0. The lowest BCUT2D eigenvalue weighted by atomic mass is 10.3. The van der Waals surface area contributed by atoms with E-state index in [1.807, 2.05) is 40.7 Å². The molecule has 88 valence electrons. The lowest BCUT2D eigenvalue weighted by molar-refractivity contribution is 0.689. The molecule has 0 aliphatic rings. The van der Waals surface area contributed by atoms with Gasteiger partial charge in [0.15, 0.2) is 0 Å². The van der Waals surface area contributed by atoms with Crippen molar-refractivity contribution in [3.63, 3.8) is 0 Å². The van der Waals surface area contributed by atoms with E-state index in [0.717, 1.165) is 5.56 Å². The predicted molar refractivity (Wildman–Crippen MR) is 69.4 cm³/mol. The Labute approximate surface area is 95.9 Å². The third-order valence-corrected chi connectivity index (χ3v) is 1.66. The van der Waals surface area contributed by atoms with Gasteiger partial charge in [0.25, 0.3) is 0 Å². The minimum absolute atomic E-state index is 0.649. The van der Waals surface area contributed by atoms with Gasteiger partial charge in [-0.15, -0.1) is 0 Å². The zero-order valence-electron chi connectivity index (χ0n) is 10.5. The summed E-state index contributed by atoms with van der Waals surface area (Å²) in [5.41, 5.74) is 1.09. The minimum atomic E-state index is -1.04. The maximum Gasteiger partial charge on any atom is 0.137 e. The molecule has 0 aromatic carbocycles. The second-order valence-corrected chi connectivity index (χ2v) is 3.39. The second-order valence-electron chi connectivity index (χ2n) is 2.28. The number of anilines is 1. The summed E-state index contributed by atoms with van der Waals surface area (Å²) in [7, 11) is -1.04.